The Morgan fingerprint density at radius 2 is 1.89 bits per heavy atom. The molecule has 0 radical (unpaired) electrons. The van der Waals surface area contributed by atoms with Gasteiger partial charge in [0.2, 0.25) is 5.16 Å². The van der Waals surface area contributed by atoms with Crippen LogP contribution in [0.4, 0.5) is 8.78 Å². The van der Waals surface area contributed by atoms with Crippen LogP contribution < -0.4 is 0 Å². The molecule has 138 valence electrons. The Morgan fingerprint density at radius 3 is 2.56 bits per heavy atom. The zero-order valence-corrected chi connectivity index (χ0v) is 15.4. The van der Waals surface area contributed by atoms with Crippen LogP contribution >= 0.6 is 11.8 Å². The normalized spacial score (nSPS) is 14.9. The van der Waals surface area contributed by atoms with Crippen molar-refractivity contribution in [3.05, 3.63) is 71.6 Å². The number of aromatic nitrogens is 3. The van der Waals surface area contributed by atoms with E-state index in [1.807, 2.05) is 35.0 Å². The quantitative estimate of drug-likeness (QED) is 0.452. The maximum absolute atomic E-state index is 13.4. The molecule has 0 N–H and O–H groups in total. The molecule has 0 aliphatic heterocycles. The lowest BCUT2D eigenvalue weighted by Crippen LogP contribution is -2.14. The van der Waals surface area contributed by atoms with Crippen LogP contribution in [0, 0.1) is 11.6 Å². The van der Waals surface area contributed by atoms with E-state index in [1.54, 1.807) is 6.92 Å². The van der Waals surface area contributed by atoms with Crippen LogP contribution in [-0.2, 0) is 0 Å². The van der Waals surface area contributed by atoms with Crippen LogP contribution in [0.1, 0.15) is 41.9 Å². The highest BCUT2D eigenvalue weighted by atomic mass is 32.2. The van der Waals surface area contributed by atoms with Gasteiger partial charge in [-0.25, -0.2) is 18.4 Å². The van der Waals surface area contributed by atoms with E-state index < -0.39 is 16.9 Å². The van der Waals surface area contributed by atoms with Gasteiger partial charge in [0.1, 0.15) is 5.82 Å². The molecule has 0 bridgehead atoms. The van der Waals surface area contributed by atoms with E-state index in [4.69, 9.17) is 0 Å². The highest BCUT2D eigenvalue weighted by Gasteiger charge is 2.31. The summed E-state index contributed by atoms with van der Waals surface area (Å²) in [5.41, 5.74) is 1.07. The van der Waals surface area contributed by atoms with Crippen LogP contribution in [0.5, 0.6) is 0 Å². The predicted molar refractivity (Wildman–Crippen MR) is 99.3 cm³/mol. The Kier molecular flexibility index (Phi) is 4.78. The van der Waals surface area contributed by atoms with Gasteiger partial charge in [0.05, 0.1) is 10.9 Å². The molecule has 4 rings (SSSR count). The van der Waals surface area contributed by atoms with Crippen molar-refractivity contribution in [3.8, 4) is 5.69 Å². The number of nitrogens with zero attached hydrogens (tertiary/aromatic N) is 3. The molecule has 1 atom stereocenters. The van der Waals surface area contributed by atoms with Gasteiger partial charge in [-0.1, -0.05) is 30.0 Å². The molecule has 3 aromatic rings. The first kappa shape index (κ1) is 17.9. The molecule has 1 aliphatic carbocycles. The first-order valence-electron chi connectivity index (χ1n) is 8.71. The Hall–Kier alpha value is -2.54. The van der Waals surface area contributed by atoms with Crippen LogP contribution in [0.25, 0.3) is 5.69 Å². The van der Waals surface area contributed by atoms with Crippen LogP contribution in [0.2, 0.25) is 0 Å². The van der Waals surface area contributed by atoms with E-state index in [0.717, 1.165) is 36.5 Å². The Balaban J connectivity index is 1.57. The molecule has 1 fully saturated rings. The number of rotatable bonds is 6. The minimum Gasteiger partial charge on any atom is -0.293 e. The summed E-state index contributed by atoms with van der Waals surface area (Å²) in [6, 6.07) is 12.9. The van der Waals surface area contributed by atoms with Gasteiger partial charge in [0.15, 0.2) is 17.4 Å². The molecule has 4 nitrogen and oxygen atoms in total. The standard InChI is InChI=1S/C20H17F2N3OS/c1-12(18(26)14-9-10-16(21)17(22)11-14)27-20-23-19(13-7-8-13)25(24-20)15-5-3-2-4-6-15/h2-6,9-13H,7-8H2,1H3. The molecule has 1 heterocycles. The summed E-state index contributed by atoms with van der Waals surface area (Å²) < 4.78 is 28.3. The average molecular weight is 385 g/mol. The van der Waals surface area contributed by atoms with E-state index in [-0.39, 0.29) is 11.3 Å². The molecule has 0 amide bonds. The van der Waals surface area contributed by atoms with Crippen LogP contribution in [0.3, 0.4) is 0 Å². The summed E-state index contributed by atoms with van der Waals surface area (Å²) in [6.45, 7) is 1.72. The Morgan fingerprint density at radius 1 is 1.15 bits per heavy atom. The Bertz CT molecular complexity index is 986. The minimum absolute atomic E-state index is 0.138. The zero-order chi connectivity index (χ0) is 19.0. The summed E-state index contributed by atoms with van der Waals surface area (Å²) in [5.74, 6) is -0.992. The lowest BCUT2D eigenvalue weighted by atomic mass is 10.1. The molecule has 0 saturated heterocycles. The second-order valence-corrected chi connectivity index (χ2v) is 7.84. The number of benzene rings is 2. The summed E-state index contributed by atoms with van der Waals surface area (Å²) >= 11 is 1.22. The van der Waals surface area contributed by atoms with Crippen molar-refractivity contribution in [2.24, 2.45) is 0 Å². The van der Waals surface area contributed by atoms with Gasteiger partial charge in [-0.05, 0) is 50.1 Å². The summed E-state index contributed by atoms with van der Waals surface area (Å²) in [7, 11) is 0. The number of para-hydroxylation sites is 1. The number of hydrogen-bond donors (Lipinski definition) is 0. The van der Waals surface area contributed by atoms with Gasteiger partial charge in [-0.3, -0.25) is 4.79 Å². The summed E-state index contributed by atoms with van der Waals surface area (Å²) in [6.07, 6.45) is 2.16. The van der Waals surface area contributed by atoms with E-state index in [0.29, 0.717) is 11.1 Å². The number of halogens is 2. The number of hydrogen-bond acceptors (Lipinski definition) is 4. The third-order valence-corrected chi connectivity index (χ3v) is 5.36. The number of carbonyl (C=O) groups excluding carboxylic acids is 1. The average Bonchev–Trinajstić information content (AvgIpc) is 3.44. The lowest BCUT2D eigenvalue weighted by molar-refractivity contribution is 0.0993. The molecular formula is C20H17F2N3OS. The van der Waals surface area contributed by atoms with Crippen molar-refractivity contribution in [2.45, 2.75) is 36.1 Å². The fourth-order valence-corrected chi connectivity index (χ4v) is 3.65. The highest BCUT2D eigenvalue weighted by molar-refractivity contribution is 8.00. The van der Waals surface area contributed by atoms with Crippen molar-refractivity contribution in [1.29, 1.82) is 0 Å². The van der Waals surface area contributed by atoms with Gasteiger partial charge in [-0.15, -0.1) is 5.10 Å². The highest BCUT2D eigenvalue weighted by Crippen LogP contribution is 2.40. The van der Waals surface area contributed by atoms with Gasteiger partial charge < -0.3 is 0 Å². The van der Waals surface area contributed by atoms with Crippen molar-refractivity contribution >= 4 is 17.5 Å². The summed E-state index contributed by atoms with van der Waals surface area (Å²) in [4.78, 5) is 17.2. The number of ketones is 1. The maximum atomic E-state index is 13.4. The van der Waals surface area contributed by atoms with Gasteiger partial charge in [0.25, 0.3) is 0 Å². The fourth-order valence-electron chi connectivity index (χ4n) is 2.82. The van der Waals surface area contributed by atoms with Crippen molar-refractivity contribution in [3.63, 3.8) is 0 Å². The topological polar surface area (TPSA) is 47.8 Å². The van der Waals surface area contributed by atoms with Crippen LogP contribution in [0.15, 0.2) is 53.7 Å². The molecular weight excluding hydrogens is 368 g/mol. The van der Waals surface area contributed by atoms with Crippen molar-refractivity contribution in [1.82, 2.24) is 14.8 Å². The first-order chi connectivity index (χ1) is 13.0. The molecule has 2 aromatic carbocycles. The van der Waals surface area contributed by atoms with E-state index in [1.165, 1.54) is 17.8 Å². The van der Waals surface area contributed by atoms with Gasteiger partial charge in [-0.2, -0.15) is 0 Å². The second kappa shape index (κ2) is 7.23. The van der Waals surface area contributed by atoms with Gasteiger partial charge >= 0.3 is 0 Å². The number of carbonyl (C=O) groups is 1. The fraction of sp³-hybridized carbons (Fsp3) is 0.250. The monoisotopic (exact) mass is 385 g/mol. The second-order valence-electron chi connectivity index (χ2n) is 6.53. The largest absolute Gasteiger partial charge is 0.293 e. The molecule has 1 aliphatic rings. The first-order valence-corrected chi connectivity index (χ1v) is 9.59. The van der Waals surface area contributed by atoms with E-state index in [9.17, 15) is 13.6 Å². The molecule has 1 saturated carbocycles. The predicted octanol–water partition coefficient (Wildman–Crippen LogP) is 4.79. The SMILES string of the molecule is CC(Sc1nc(C2CC2)n(-c2ccccc2)n1)C(=O)c1ccc(F)c(F)c1. The lowest BCUT2D eigenvalue weighted by Gasteiger charge is -2.08. The molecule has 0 spiro atoms. The third-order valence-electron chi connectivity index (χ3n) is 4.41. The van der Waals surface area contributed by atoms with E-state index >= 15 is 0 Å². The van der Waals surface area contributed by atoms with E-state index in [2.05, 4.69) is 10.1 Å². The number of thioether (sulfide) groups is 1. The smallest absolute Gasteiger partial charge is 0.209 e. The maximum Gasteiger partial charge on any atom is 0.209 e. The zero-order valence-electron chi connectivity index (χ0n) is 14.6. The van der Waals surface area contributed by atoms with Gasteiger partial charge in [0, 0.05) is 11.5 Å². The molecule has 1 unspecified atom stereocenters. The summed E-state index contributed by atoms with van der Waals surface area (Å²) in [5, 5.41) is 4.56. The van der Waals surface area contributed by atoms with Crippen molar-refractivity contribution in [2.75, 3.05) is 0 Å². The minimum atomic E-state index is -1.03. The Labute approximate surface area is 159 Å². The number of Topliss-reactive ketones (excluding diaryl/α,β-unsaturated/α-hetero) is 1. The van der Waals surface area contributed by atoms with Crippen molar-refractivity contribution < 1.29 is 13.6 Å². The third kappa shape index (κ3) is 3.78. The molecule has 27 heavy (non-hydrogen) atoms. The molecule has 7 heteroatoms. The van der Waals surface area contributed by atoms with Crippen LogP contribution in [-0.4, -0.2) is 25.8 Å². The molecule has 1 aromatic heterocycles.